The Hall–Kier alpha value is -1.39. The van der Waals surface area contributed by atoms with Crippen LogP contribution in [0.5, 0.6) is 0 Å². The molecule has 0 rings (SSSR count). The van der Waals surface area contributed by atoms with Gasteiger partial charge in [-0.3, -0.25) is 14.4 Å². The van der Waals surface area contributed by atoms with Crippen molar-refractivity contribution in [3.63, 3.8) is 0 Å². The van der Waals surface area contributed by atoms with Crippen molar-refractivity contribution in [2.24, 2.45) is 0 Å². The van der Waals surface area contributed by atoms with E-state index in [2.05, 4.69) is 5.32 Å². The predicted molar refractivity (Wildman–Crippen MR) is 49.8 cm³/mol. The highest BCUT2D eigenvalue weighted by atomic mass is 16.4. The lowest BCUT2D eigenvalue weighted by Gasteiger charge is -2.00. The molecule has 0 unspecified atom stereocenters. The van der Waals surface area contributed by atoms with Gasteiger partial charge >= 0.3 is 5.97 Å². The third-order valence-electron chi connectivity index (χ3n) is 1.63. The summed E-state index contributed by atoms with van der Waals surface area (Å²) in [7, 11) is 0. The van der Waals surface area contributed by atoms with Crippen LogP contribution >= 0.6 is 0 Å². The lowest BCUT2D eigenvalue weighted by atomic mass is 10.1. The highest BCUT2D eigenvalue weighted by molar-refractivity contribution is 5.85. The van der Waals surface area contributed by atoms with Crippen LogP contribution in [0.4, 0.5) is 0 Å². The summed E-state index contributed by atoms with van der Waals surface area (Å²) in [6.45, 7) is 1.39. The molecule has 80 valence electrons. The zero-order chi connectivity index (χ0) is 11.0. The van der Waals surface area contributed by atoms with Crippen LogP contribution in [-0.4, -0.2) is 29.3 Å². The molecule has 14 heavy (non-hydrogen) atoms. The van der Waals surface area contributed by atoms with Gasteiger partial charge in [0.15, 0.2) is 5.78 Å². The molecule has 0 radical (unpaired) electrons. The van der Waals surface area contributed by atoms with E-state index in [1.807, 2.05) is 0 Å². The number of ketones is 1. The van der Waals surface area contributed by atoms with E-state index in [1.54, 1.807) is 0 Å². The van der Waals surface area contributed by atoms with Crippen LogP contribution in [0.3, 0.4) is 0 Å². The van der Waals surface area contributed by atoms with Crippen LogP contribution in [0.2, 0.25) is 0 Å². The van der Waals surface area contributed by atoms with E-state index >= 15 is 0 Å². The van der Waals surface area contributed by atoms with E-state index in [9.17, 15) is 14.4 Å². The molecule has 0 fully saturated rings. The number of carbonyl (C=O) groups is 3. The van der Waals surface area contributed by atoms with Gasteiger partial charge in [-0.25, -0.2) is 0 Å². The number of unbranched alkanes of at least 4 members (excludes halogenated alkanes) is 1. The molecule has 1 amide bonds. The molecule has 0 saturated heterocycles. The first-order valence-electron chi connectivity index (χ1n) is 4.50. The molecule has 0 aromatic heterocycles. The number of hydrogen-bond donors (Lipinski definition) is 2. The number of rotatable bonds is 7. The van der Waals surface area contributed by atoms with Gasteiger partial charge in [0.1, 0.15) is 0 Å². The number of nitrogens with one attached hydrogen (secondary N) is 1. The van der Waals surface area contributed by atoms with Crippen molar-refractivity contribution in [3.8, 4) is 0 Å². The highest BCUT2D eigenvalue weighted by Gasteiger charge is 2.03. The van der Waals surface area contributed by atoms with E-state index in [0.717, 1.165) is 0 Å². The summed E-state index contributed by atoms with van der Waals surface area (Å²) < 4.78 is 0. The summed E-state index contributed by atoms with van der Waals surface area (Å²) in [6.07, 6.45) is 1.48. The van der Waals surface area contributed by atoms with Gasteiger partial charge in [0.2, 0.25) is 5.91 Å². The monoisotopic (exact) mass is 201 g/mol. The van der Waals surface area contributed by atoms with E-state index in [-0.39, 0.29) is 24.7 Å². The summed E-state index contributed by atoms with van der Waals surface area (Å²) in [5.41, 5.74) is 0. The van der Waals surface area contributed by atoms with Crippen molar-refractivity contribution in [1.29, 1.82) is 0 Å². The van der Waals surface area contributed by atoms with E-state index in [1.165, 1.54) is 6.92 Å². The lowest BCUT2D eigenvalue weighted by Crippen LogP contribution is -2.26. The zero-order valence-electron chi connectivity index (χ0n) is 8.21. The van der Waals surface area contributed by atoms with E-state index < -0.39 is 5.97 Å². The fourth-order valence-electron chi connectivity index (χ4n) is 0.910. The van der Waals surface area contributed by atoms with Gasteiger partial charge in [0, 0.05) is 19.8 Å². The Bertz CT molecular complexity index is 225. The number of hydrogen-bond acceptors (Lipinski definition) is 3. The average molecular weight is 201 g/mol. The minimum Gasteiger partial charge on any atom is -0.481 e. The molecule has 0 spiro atoms. The lowest BCUT2D eigenvalue weighted by molar-refractivity contribution is -0.137. The number of carboxylic acid groups (broad SMARTS) is 1. The Kier molecular flexibility index (Phi) is 6.36. The molecule has 0 aliphatic carbocycles. The maximum absolute atomic E-state index is 11.0. The van der Waals surface area contributed by atoms with Crippen LogP contribution in [0.15, 0.2) is 0 Å². The van der Waals surface area contributed by atoms with Crippen LogP contribution in [0.1, 0.15) is 32.6 Å². The summed E-state index contributed by atoms with van der Waals surface area (Å²) in [5, 5.41) is 10.7. The topological polar surface area (TPSA) is 83.5 Å². The minimum atomic E-state index is -0.848. The normalized spacial score (nSPS) is 9.50. The van der Waals surface area contributed by atoms with Crippen molar-refractivity contribution < 1.29 is 19.5 Å². The van der Waals surface area contributed by atoms with Crippen molar-refractivity contribution in [3.05, 3.63) is 0 Å². The summed E-state index contributed by atoms with van der Waals surface area (Å²) in [5.74, 6) is -1.14. The molecule has 0 atom stereocenters. The van der Waals surface area contributed by atoms with Crippen LogP contribution in [-0.2, 0) is 14.4 Å². The zero-order valence-corrected chi connectivity index (χ0v) is 8.21. The maximum Gasteiger partial charge on any atom is 0.303 e. The minimum absolute atomic E-state index is 0.0441. The van der Waals surface area contributed by atoms with E-state index in [4.69, 9.17) is 5.11 Å². The fourth-order valence-corrected chi connectivity index (χ4v) is 0.910. The number of Topliss-reactive ketones (excluding diaryl/α,β-unsaturated/α-hetero) is 1. The summed E-state index contributed by atoms with van der Waals surface area (Å²) in [6, 6.07) is 0. The number of carbonyl (C=O) groups excluding carboxylic acids is 2. The van der Waals surface area contributed by atoms with Crippen molar-refractivity contribution in [1.82, 2.24) is 5.32 Å². The maximum atomic E-state index is 11.0. The van der Waals surface area contributed by atoms with Gasteiger partial charge in [-0.15, -0.1) is 0 Å². The summed E-state index contributed by atoms with van der Waals surface area (Å²) in [4.78, 5) is 31.6. The third-order valence-corrected chi connectivity index (χ3v) is 1.63. The second-order valence-corrected chi connectivity index (χ2v) is 3.05. The first kappa shape index (κ1) is 12.6. The van der Waals surface area contributed by atoms with Crippen molar-refractivity contribution in [2.45, 2.75) is 32.6 Å². The molecular formula is C9H15NO4. The van der Waals surface area contributed by atoms with Gasteiger partial charge < -0.3 is 10.4 Å². The SMILES string of the molecule is CC(=O)NCC(=O)CCCCC(=O)O. The van der Waals surface area contributed by atoms with Crippen LogP contribution < -0.4 is 5.32 Å². The molecule has 5 heteroatoms. The van der Waals surface area contributed by atoms with Crippen LogP contribution in [0.25, 0.3) is 0 Å². The highest BCUT2D eigenvalue weighted by Crippen LogP contribution is 1.99. The molecule has 0 heterocycles. The Balaban J connectivity index is 3.36. The van der Waals surface area contributed by atoms with Gasteiger partial charge in [0.25, 0.3) is 0 Å². The average Bonchev–Trinajstić information content (AvgIpc) is 2.08. The third kappa shape index (κ3) is 8.70. The molecule has 0 aromatic rings. The van der Waals surface area contributed by atoms with Gasteiger partial charge in [0.05, 0.1) is 6.54 Å². The molecular weight excluding hydrogens is 186 g/mol. The molecule has 5 nitrogen and oxygen atoms in total. The van der Waals surface area contributed by atoms with Crippen LogP contribution in [0, 0.1) is 0 Å². The second kappa shape index (κ2) is 7.06. The predicted octanol–water partition coefficient (Wildman–Crippen LogP) is 0.337. The summed E-state index contributed by atoms with van der Waals surface area (Å²) >= 11 is 0. The first-order valence-corrected chi connectivity index (χ1v) is 4.50. The Labute approximate surface area is 82.5 Å². The molecule has 0 saturated carbocycles. The largest absolute Gasteiger partial charge is 0.481 e. The van der Waals surface area contributed by atoms with E-state index in [0.29, 0.717) is 19.3 Å². The molecule has 2 N–H and O–H groups in total. The molecule has 0 bridgehead atoms. The molecule has 0 aromatic carbocycles. The Morgan fingerprint density at radius 3 is 2.21 bits per heavy atom. The standard InChI is InChI=1S/C9H15NO4/c1-7(11)10-6-8(12)4-2-3-5-9(13)14/h2-6H2,1H3,(H,10,11)(H,13,14). The quantitative estimate of drug-likeness (QED) is 0.582. The Morgan fingerprint density at radius 2 is 1.71 bits per heavy atom. The van der Waals surface area contributed by atoms with Crippen molar-refractivity contribution >= 4 is 17.7 Å². The number of amides is 1. The molecule has 0 aliphatic rings. The number of carboxylic acids is 1. The van der Waals surface area contributed by atoms with Gasteiger partial charge in [-0.1, -0.05) is 0 Å². The number of aliphatic carboxylic acids is 1. The molecule has 0 aliphatic heterocycles. The van der Waals surface area contributed by atoms with Gasteiger partial charge in [-0.2, -0.15) is 0 Å². The Morgan fingerprint density at radius 1 is 1.14 bits per heavy atom. The van der Waals surface area contributed by atoms with Gasteiger partial charge in [-0.05, 0) is 12.8 Å². The first-order chi connectivity index (χ1) is 6.52. The fraction of sp³-hybridized carbons (Fsp3) is 0.667. The smallest absolute Gasteiger partial charge is 0.303 e. The van der Waals surface area contributed by atoms with Crippen molar-refractivity contribution in [2.75, 3.05) is 6.54 Å². The second-order valence-electron chi connectivity index (χ2n) is 3.05.